The van der Waals surface area contributed by atoms with E-state index < -0.39 is 133 Å². The molecule has 9 amide bonds. The fourth-order valence-electron chi connectivity index (χ4n) is 8.30. The summed E-state index contributed by atoms with van der Waals surface area (Å²) < 4.78 is 0. The predicted molar refractivity (Wildman–Crippen MR) is 274 cm³/mol. The molecular formula is C50H70N12O16. The van der Waals surface area contributed by atoms with E-state index in [1.165, 1.54) is 72.9 Å². The van der Waals surface area contributed by atoms with Crippen LogP contribution < -0.4 is 48.7 Å². The van der Waals surface area contributed by atoms with Crippen molar-refractivity contribution in [2.75, 3.05) is 19.8 Å². The van der Waals surface area contributed by atoms with Crippen LogP contribution in [0.25, 0.3) is 0 Å². The molecular weight excluding hydrogens is 1020 g/mol. The summed E-state index contributed by atoms with van der Waals surface area (Å²) in [6.45, 7) is 2.46. The molecule has 0 aliphatic carbocycles. The Bertz CT molecular complexity index is 2550. The number of hydrogen-bond acceptors (Lipinski definition) is 17. The van der Waals surface area contributed by atoms with E-state index in [0.29, 0.717) is 23.2 Å². The molecule has 1 aliphatic rings. The van der Waals surface area contributed by atoms with Gasteiger partial charge in [-0.3, -0.25) is 43.2 Å². The highest BCUT2D eigenvalue weighted by atomic mass is 16.4. The van der Waals surface area contributed by atoms with Gasteiger partial charge < -0.3 is 89.2 Å². The molecule has 4 rings (SSSR count). The lowest BCUT2D eigenvalue weighted by Gasteiger charge is -2.31. The van der Waals surface area contributed by atoms with Gasteiger partial charge >= 0.3 is 5.97 Å². The van der Waals surface area contributed by atoms with Gasteiger partial charge in [0.15, 0.2) is 6.04 Å². The minimum Gasteiger partial charge on any atom is -0.508 e. The average Bonchev–Trinajstić information content (AvgIpc) is 4.12. The number of aromatic hydroxyl groups is 2. The maximum absolute atomic E-state index is 14.5. The standard InChI is InChI=1S/C50H70N12O16/c1-25(2)17-34(45(72)61-41(26(3)65)50(77)78)57-48(75)39-5-4-16-62(39)49(76)36(19-28-8-12-31(67)13-9-28)58-46(73)37(22-63)60-47(74)38(23-64)59-44(71)35(18-27-6-10-30(66)11-7-27)56-43(70)33(14-15-40(52)68)55-42(69)32(51)20-29-21-53-24-54-29/h6-13,21,24-26,32-39,41,63-67H,4-5,14-20,22-23,51H2,1-3H3,(H2,52,68)(H,53,54)(H,55,69)(H,56,70)(H,57,75)(H,58,73)(H,59,71)(H,60,74)(H,61,72)(H,77,78)/t26-,32+,33+,34+,35+,36+,37+,38+,39+,41+/m1/s1. The van der Waals surface area contributed by atoms with Gasteiger partial charge in [0.05, 0.1) is 31.7 Å². The minimum atomic E-state index is -1.87. The zero-order chi connectivity index (χ0) is 57.8. The number of amides is 9. The SMILES string of the molecule is CC(C)C[C@H](NC(=O)[C@@H]1CCCN1C(=O)[C@H](Cc1ccc(O)cc1)NC(=O)[C@H](CO)NC(=O)[C@H](CO)NC(=O)[C@H](Cc1ccc(O)cc1)NC(=O)[C@H](CCC(N)=O)NC(=O)[C@@H](N)Cc1cnc[nH]1)C(=O)N[C@H](C(=O)O)[C@@H](C)O. The fraction of sp³-hybridized carbons (Fsp3) is 0.500. The minimum absolute atomic E-state index is 0.00121. The summed E-state index contributed by atoms with van der Waals surface area (Å²) in [7, 11) is 0. The maximum atomic E-state index is 14.5. The zero-order valence-electron chi connectivity index (χ0n) is 43.2. The third-order valence-corrected chi connectivity index (χ3v) is 12.5. The monoisotopic (exact) mass is 1090 g/mol. The summed E-state index contributed by atoms with van der Waals surface area (Å²) >= 11 is 0. The van der Waals surface area contributed by atoms with Gasteiger partial charge in [-0.1, -0.05) is 38.1 Å². The number of carboxylic acid groups (broad SMARTS) is 1. The third-order valence-electron chi connectivity index (χ3n) is 12.5. The maximum Gasteiger partial charge on any atom is 0.328 e. The number of nitrogens with zero attached hydrogens (tertiary/aromatic N) is 2. The highest BCUT2D eigenvalue weighted by Gasteiger charge is 2.41. The molecule has 0 radical (unpaired) electrons. The summed E-state index contributed by atoms with van der Waals surface area (Å²) in [5.74, 6) is -10.5. The molecule has 0 unspecified atom stereocenters. The van der Waals surface area contributed by atoms with E-state index in [4.69, 9.17) is 11.5 Å². The Balaban J connectivity index is 1.53. The molecule has 426 valence electrons. The average molecular weight is 1100 g/mol. The Hall–Kier alpha value is -8.21. The summed E-state index contributed by atoms with van der Waals surface area (Å²) in [5.41, 5.74) is 12.7. The number of aliphatic hydroxyl groups excluding tert-OH is 3. The van der Waals surface area contributed by atoms with Crippen LogP contribution in [0, 0.1) is 5.92 Å². The first-order valence-corrected chi connectivity index (χ1v) is 25.0. The van der Waals surface area contributed by atoms with Crippen molar-refractivity contribution >= 4 is 59.1 Å². The normalized spacial score (nSPS) is 16.6. The molecule has 2 aromatic carbocycles. The second kappa shape index (κ2) is 29.9. The number of aliphatic carboxylic acids is 1. The Morgan fingerprint density at radius 1 is 0.667 bits per heavy atom. The number of rotatable bonds is 30. The van der Waals surface area contributed by atoms with Crippen LogP contribution >= 0.6 is 0 Å². The smallest absolute Gasteiger partial charge is 0.328 e. The van der Waals surface area contributed by atoms with Crippen molar-refractivity contribution in [3.63, 3.8) is 0 Å². The third kappa shape index (κ3) is 19.1. The molecule has 1 fully saturated rings. The van der Waals surface area contributed by atoms with Crippen molar-refractivity contribution in [3.8, 4) is 11.5 Å². The van der Waals surface area contributed by atoms with Gasteiger partial charge in [-0.2, -0.15) is 0 Å². The first-order chi connectivity index (χ1) is 36.9. The first kappa shape index (κ1) is 62.3. The molecule has 78 heavy (non-hydrogen) atoms. The van der Waals surface area contributed by atoms with Crippen LogP contribution in [-0.2, 0) is 67.2 Å². The van der Waals surface area contributed by atoms with Crippen LogP contribution in [-0.4, -0.2) is 185 Å². The number of benzene rings is 2. The van der Waals surface area contributed by atoms with E-state index in [2.05, 4.69) is 47.2 Å². The van der Waals surface area contributed by atoms with Crippen LogP contribution in [0.4, 0.5) is 0 Å². The Labute approximate surface area is 447 Å². The predicted octanol–water partition coefficient (Wildman–Crippen LogP) is -4.68. The zero-order valence-corrected chi connectivity index (χ0v) is 43.2. The Morgan fingerprint density at radius 2 is 1.15 bits per heavy atom. The van der Waals surface area contributed by atoms with Gasteiger partial charge in [0.1, 0.15) is 53.8 Å². The molecule has 1 aromatic heterocycles. The first-order valence-electron chi connectivity index (χ1n) is 25.0. The number of aliphatic hydroxyl groups is 3. The molecule has 10 atom stereocenters. The van der Waals surface area contributed by atoms with Crippen molar-refractivity contribution in [1.29, 1.82) is 0 Å². The number of carbonyl (C=O) groups is 10. The van der Waals surface area contributed by atoms with Gasteiger partial charge in [-0.05, 0) is 73.9 Å². The molecule has 0 saturated carbocycles. The van der Waals surface area contributed by atoms with E-state index in [-0.39, 0.29) is 68.9 Å². The second-order valence-corrected chi connectivity index (χ2v) is 19.3. The number of carbonyl (C=O) groups excluding carboxylic acids is 9. The Morgan fingerprint density at radius 3 is 1.64 bits per heavy atom. The molecule has 1 saturated heterocycles. The highest BCUT2D eigenvalue weighted by molar-refractivity contribution is 5.98. The van der Waals surface area contributed by atoms with Crippen molar-refractivity contribution in [2.24, 2.45) is 17.4 Å². The van der Waals surface area contributed by atoms with Gasteiger partial charge in [0.2, 0.25) is 53.2 Å². The van der Waals surface area contributed by atoms with E-state index >= 15 is 0 Å². The van der Waals surface area contributed by atoms with Crippen LogP contribution in [0.15, 0.2) is 61.1 Å². The molecule has 0 bridgehead atoms. The van der Waals surface area contributed by atoms with E-state index in [1.807, 2.05) is 0 Å². The number of carboxylic acids is 1. The van der Waals surface area contributed by atoms with Crippen LogP contribution in [0.1, 0.15) is 69.7 Å². The van der Waals surface area contributed by atoms with Crippen LogP contribution in [0.2, 0.25) is 0 Å². The van der Waals surface area contributed by atoms with Crippen molar-refractivity contribution in [2.45, 2.75) is 133 Å². The number of phenolic OH excluding ortho intramolecular Hbond substituents is 2. The van der Waals surface area contributed by atoms with Gasteiger partial charge in [0, 0.05) is 44.1 Å². The lowest BCUT2D eigenvalue weighted by atomic mass is 10.0. The number of nitrogens with one attached hydrogen (secondary N) is 8. The number of hydrogen-bond donors (Lipinski definition) is 16. The highest BCUT2D eigenvalue weighted by Crippen LogP contribution is 2.22. The number of imidazole rings is 1. The van der Waals surface area contributed by atoms with Crippen molar-refractivity contribution in [3.05, 3.63) is 77.9 Å². The topological polar surface area (TPSA) is 460 Å². The fourth-order valence-corrected chi connectivity index (χ4v) is 8.30. The van der Waals surface area contributed by atoms with Gasteiger partial charge in [0.25, 0.3) is 0 Å². The largest absolute Gasteiger partial charge is 0.508 e. The van der Waals surface area contributed by atoms with E-state index in [1.54, 1.807) is 13.8 Å². The van der Waals surface area contributed by atoms with E-state index in [0.717, 1.165) is 0 Å². The van der Waals surface area contributed by atoms with Gasteiger partial charge in [-0.25, -0.2) is 9.78 Å². The Kier molecular flexibility index (Phi) is 23.9. The summed E-state index contributed by atoms with van der Waals surface area (Å²) in [4.78, 5) is 142. The number of aromatic amines is 1. The molecule has 18 N–H and O–H groups in total. The molecule has 1 aliphatic heterocycles. The molecule has 28 heteroatoms. The number of H-pyrrole nitrogens is 1. The molecule has 28 nitrogen and oxygen atoms in total. The van der Waals surface area contributed by atoms with Crippen LogP contribution in [0.5, 0.6) is 11.5 Å². The lowest BCUT2D eigenvalue weighted by molar-refractivity contribution is -0.146. The number of nitrogens with two attached hydrogens (primary N) is 2. The number of primary amides is 1. The summed E-state index contributed by atoms with van der Waals surface area (Å²) in [6, 6.07) is -2.70. The molecule has 3 aromatic rings. The molecule has 2 heterocycles. The van der Waals surface area contributed by atoms with Crippen LogP contribution in [0.3, 0.4) is 0 Å². The van der Waals surface area contributed by atoms with Gasteiger partial charge in [-0.15, -0.1) is 0 Å². The quantitative estimate of drug-likeness (QED) is 0.0298. The van der Waals surface area contributed by atoms with E-state index in [9.17, 15) is 78.6 Å². The number of likely N-dealkylation sites (tertiary alicyclic amines) is 1. The lowest BCUT2D eigenvalue weighted by Crippen LogP contribution is -2.62. The number of phenols is 2. The number of aromatic nitrogens is 2. The summed E-state index contributed by atoms with van der Waals surface area (Å²) in [5, 5.41) is 76.9. The summed E-state index contributed by atoms with van der Waals surface area (Å²) in [6.07, 6.45) is 0.471. The second-order valence-electron chi connectivity index (χ2n) is 19.3. The van der Waals surface area contributed by atoms with Crippen molar-refractivity contribution in [1.82, 2.24) is 52.1 Å². The molecule has 0 spiro atoms. The van der Waals surface area contributed by atoms with Crippen molar-refractivity contribution < 1.29 is 78.6 Å².